The van der Waals surface area contributed by atoms with E-state index in [1.165, 1.54) is 17.7 Å². The Labute approximate surface area is 233 Å². The lowest BCUT2D eigenvalue weighted by Gasteiger charge is -2.28. The highest BCUT2D eigenvalue weighted by Gasteiger charge is 2.46. The lowest BCUT2D eigenvalue weighted by atomic mass is 9.91. The normalized spacial score (nSPS) is 23.4. The van der Waals surface area contributed by atoms with Gasteiger partial charge in [0.15, 0.2) is 0 Å². The summed E-state index contributed by atoms with van der Waals surface area (Å²) in [6, 6.07) is 17.0. The quantitative estimate of drug-likeness (QED) is 0.296. The summed E-state index contributed by atoms with van der Waals surface area (Å²) in [5, 5.41) is 21.2. The van der Waals surface area contributed by atoms with Crippen LogP contribution < -0.4 is 4.90 Å². The number of rotatable bonds is 7. The molecule has 2 aliphatic rings. The van der Waals surface area contributed by atoms with Gasteiger partial charge < -0.3 is 15.1 Å². The molecule has 3 atom stereocenters. The molecule has 1 aliphatic carbocycles. The molecule has 3 aromatic carbocycles. The molecule has 1 heterocycles. The number of phenols is 2. The van der Waals surface area contributed by atoms with Crippen LogP contribution in [0, 0.1) is 5.82 Å². The van der Waals surface area contributed by atoms with Crippen LogP contribution in [0.15, 0.2) is 90.5 Å². The van der Waals surface area contributed by atoms with E-state index in [-0.39, 0.29) is 23.6 Å². The summed E-state index contributed by atoms with van der Waals surface area (Å²) in [7, 11) is 1.76. The van der Waals surface area contributed by atoms with Gasteiger partial charge in [-0.05, 0) is 92.1 Å². The third-order valence-corrected chi connectivity index (χ3v) is 7.88. The molecular weight excluding hydrogens is 510 g/mol. The van der Waals surface area contributed by atoms with E-state index in [2.05, 4.69) is 6.08 Å². The van der Waals surface area contributed by atoms with Crippen molar-refractivity contribution in [3.05, 3.63) is 102 Å². The molecule has 3 unspecified atom stereocenters. The molecule has 0 spiro atoms. The molecule has 2 N–H and O–H groups in total. The smallest absolute Gasteiger partial charge is 0.325 e. The van der Waals surface area contributed by atoms with Gasteiger partial charge in [0.25, 0.3) is 0 Å². The zero-order chi connectivity index (χ0) is 28.2. The summed E-state index contributed by atoms with van der Waals surface area (Å²) < 4.78 is 27.4. The van der Waals surface area contributed by atoms with E-state index in [4.69, 9.17) is 0 Å². The van der Waals surface area contributed by atoms with Gasteiger partial charge in [-0.2, -0.15) is 0 Å². The monoisotopic (exact) mass is 544 g/mol. The molecule has 5 rings (SSSR count). The summed E-state index contributed by atoms with van der Waals surface area (Å²) in [5.41, 5.74) is 3.91. The maximum absolute atomic E-state index is 13.8. The van der Waals surface area contributed by atoms with Gasteiger partial charge in [0.2, 0.25) is 0 Å². The van der Waals surface area contributed by atoms with Crippen LogP contribution in [0.4, 0.5) is 19.3 Å². The number of benzene rings is 3. The highest BCUT2D eigenvalue weighted by molar-refractivity contribution is 5.96. The Kier molecular flexibility index (Phi) is 8.19. The minimum Gasteiger partial charge on any atom is -0.508 e. The fraction of sp³-hybridized carbons (Fsp3) is 0.303. The molecule has 1 fully saturated rings. The molecule has 0 radical (unpaired) electrons. The van der Waals surface area contributed by atoms with Gasteiger partial charge in [-0.3, -0.25) is 4.90 Å². The van der Waals surface area contributed by atoms with Crippen molar-refractivity contribution < 1.29 is 23.8 Å². The van der Waals surface area contributed by atoms with Crippen LogP contribution >= 0.6 is 0 Å². The Morgan fingerprint density at radius 2 is 1.77 bits per heavy atom. The van der Waals surface area contributed by atoms with Crippen LogP contribution in [0.5, 0.6) is 11.5 Å². The van der Waals surface area contributed by atoms with E-state index in [0.717, 1.165) is 30.4 Å². The van der Waals surface area contributed by atoms with Crippen molar-refractivity contribution in [3.63, 3.8) is 0 Å². The van der Waals surface area contributed by atoms with Crippen molar-refractivity contribution in [2.45, 2.75) is 56.8 Å². The minimum atomic E-state index is -0.888. The van der Waals surface area contributed by atoms with Crippen molar-refractivity contribution in [2.75, 3.05) is 11.9 Å². The Bertz CT molecular complexity index is 1420. The number of halogens is 2. The molecule has 3 aromatic rings. The van der Waals surface area contributed by atoms with Crippen molar-refractivity contribution in [3.8, 4) is 22.6 Å². The molecular formula is C33H34F2N2O3. The van der Waals surface area contributed by atoms with Gasteiger partial charge in [-0.1, -0.05) is 48.1 Å². The van der Waals surface area contributed by atoms with Crippen molar-refractivity contribution in [2.24, 2.45) is 0 Å². The van der Waals surface area contributed by atoms with Crippen LogP contribution in [0.3, 0.4) is 0 Å². The number of alkyl halides is 1. The number of nitrogens with zero attached hydrogens (tertiary/aromatic N) is 2. The van der Waals surface area contributed by atoms with Crippen LogP contribution in [0.1, 0.15) is 50.1 Å². The van der Waals surface area contributed by atoms with E-state index in [1.54, 1.807) is 59.3 Å². The van der Waals surface area contributed by atoms with Crippen LogP contribution in [-0.4, -0.2) is 40.4 Å². The molecule has 2 amide bonds. The maximum atomic E-state index is 13.8. The number of phenolic OH excluding ortho intramolecular Hbond substituents is 2. The van der Waals surface area contributed by atoms with Crippen LogP contribution in [0.25, 0.3) is 11.1 Å². The van der Waals surface area contributed by atoms with Gasteiger partial charge in [0.1, 0.15) is 23.5 Å². The van der Waals surface area contributed by atoms with Gasteiger partial charge in [0, 0.05) is 18.3 Å². The fourth-order valence-corrected chi connectivity index (χ4v) is 5.78. The Morgan fingerprint density at radius 3 is 2.52 bits per heavy atom. The molecule has 0 saturated carbocycles. The van der Waals surface area contributed by atoms with Gasteiger partial charge in [0.05, 0.1) is 12.1 Å². The molecule has 1 aliphatic heterocycles. The molecule has 208 valence electrons. The zero-order valence-corrected chi connectivity index (χ0v) is 22.5. The number of aromatic hydroxyl groups is 2. The summed E-state index contributed by atoms with van der Waals surface area (Å²) in [5.74, 6) is -0.221. The first-order valence-electron chi connectivity index (χ1n) is 13.7. The number of hydrogen-bond acceptors (Lipinski definition) is 3. The average Bonchev–Trinajstić information content (AvgIpc) is 3.17. The lowest BCUT2D eigenvalue weighted by Crippen LogP contribution is -2.31. The molecule has 1 saturated heterocycles. The predicted octanol–water partition coefficient (Wildman–Crippen LogP) is 8.06. The van der Waals surface area contributed by atoms with Gasteiger partial charge in [-0.15, -0.1) is 0 Å². The van der Waals surface area contributed by atoms with Crippen LogP contribution in [0.2, 0.25) is 0 Å². The summed E-state index contributed by atoms with van der Waals surface area (Å²) in [6.45, 7) is 0. The molecule has 7 heteroatoms. The number of carbonyl (C=O) groups is 1. The number of anilines is 1. The number of amides is 2. The molecule has 5 nitrogen and oxygen atoms in total. The van der Waals surface area contributed by atoms with Gasteiger partial charge >= 0.3 is 6.03 Å². The third kappa shape index (κ3) is 5.88. The maximum Gasteiger partial charge on any atom is 0.325 e. The van der Waals surface area contributed by atoms with E-state index in [1.807, 2.05) is 24.3 Å². The van der Waals surface area contributed by atoms with Crippen LogP contribution in [-0.2, 0) is 0 Å². The number of likely N-dealkylation sites (N-methyl/N-ethyl adjacent to an activating group) is 1. The Hall–Kier alpha value is -4.13. The topological polar surface area (TPSA) is 64.0 Å². The number of hydrogen-bond donors (Lipinski definition) is 2. The SMILES string of the molecule is CN1C(=O)N(c2ccc(F)cc2)C(c2ccc(-c3cccc(O)c3)cc2O)C1CCC/C1=C/CCC(F)/C=C\C1. The second-order valence-corrected chi connectivity index (χ2v) is 10.6. The largest absolute Gasteiger partial charge is 0.508 e. The van der Waals surface area contributed by atoms with Gasteiger partial charge in [-0.25, -0.2) is 13.6 Å². The predicted molar refractivity (Wildman–Crippen MR) is 154 cm³/mol. The second kappa shape index (κ2) is 11.9. The second-order valence-electron chi connectivity index (χ2n) is 10.6. The first-order chi connectivity index (χ1) is 19.3. The summed E-state index contributed by atoms with van der Waals surface area (Å²) in [4.78, 5) is 16.9. The van der Waals surface area contributed by atoms with E-state index in [9.17, 15) is 23.8 Å². The average molecular weight is 545 g/mol. The standard InChI is InChI=1S/C33H34F2N2O3/c1-36-30(13-4-8-22-6-2-10-25(34)11-3-7-22)32(37(33(36)40)27-17-15-26(35)16-18-27)29-19-14-24(21-31(29)39)23-9-5-12-28(38)20-23/h2,5,7,9-10,12,14-21,25,30,32,38-39H,3-4,6,8,11,13H2,1H3/b10-2-,22-7+. The zero-order valence-electron chi connectivity index (χ0n) is 22.5. The lowest BCUT2D eigenvalue weighted by molar-refractivity contribution is 0.214. The first-order valence-corrected chi connectivity index (χ1v) is 13.7. The summed E-state index contributed by atoms with van der Waals surface area (Å²) >= 11 is 0. The third-order valence-electron chi connectivity index (χ3n) is 7.88. The number of allylic oxidation sites excluding steroid dienone is 4. The van der Waals surface area contributed by atoms with Crippen molar-refractivity contribution >= 4 is 11.7 Å². The number of urea groups is 1. The van der Waals surface area contributed by atoms with E-state index < -0.39 is 18.0 Å². The first kappa shape index (κ1) is 27.4. The number of carbonyl (C=O) groups excluding carboxylic acids is 1. The highest BCUT2D eigenvalue weighted by Crippen LogP contribution is 2.44. The molecule has 0 aromatic heterocycles. The van der Waals surface area contributed by atoms with E-state index in [0.29, 0.717) is 30.5 Å². The molecule has 40 heavy (non-hydrogen) atoms. The van der Waals surface area contributed by atoms with E-state index >= 15 is 0 Å². The molecule has 0 bridgehead atoms. The van der Waals surface area contributed by atoms with Crippen molar-refractivity contribution in [1.82, 2.24) is 4.90 Å². The summed E-state index contributed by atoms with van der Waals surface area (Å²) in [6.07, 6.45) is 9.04. The highest BCUT2D eigenvalue weighted by atomic mass is 19.1. The fourth-order valence-electron chi connectivity index (χ4n) is 5.78. The Morgan fingerprint density at radius 1 is 1.00 bits per heavy atom. The Balaban J connectivity index is 1.44. The van der Waals surface area contributed by atoms with Crippen molar-refractivity contribution in [1.29, 1.82) is 0 Å². The minimum absolute atomic E-state index is 0.0414.